The van der Waals surface area contributed by atoms with Crippen LogP contribution in [0.15, 0.2) is 35.8 Å². The first-order valence-corrected chi connectivity index (χ1v) is 6.33. The van der Waals surface area contributed by atoms with Gasteiger partial charge < -0.3 is 14.5 Å². The van der Waals surface area contributed by atoms with E-state index in [0.29, 0.717) is 0 Å². The van der Waals surface area contributed by atoms with Crippen molar-refractivity contribution in [3.8, 4) is 0 Å². The number of piperazine rings is 1. The maximum Gasteiger partial charge on any atom is 0.219 e. The second-order valence-corrected chi connectivity index (χ2v) is 4.50. The van der Waals surface area contributed by atoms with Gasteiger partial charge in [0.2, 0.25) is 5.91 Å². The molecular formula is C14H20N2O2. The molecular weight excluding hydrogens is 228 g/mol. The predicted octanol–water partition coefficient (Wildman–Crippen LogP) is 1.52. The monoisotopic (exact) mass is 248 g/mol. The lowest BCUT2D eigenvalue weighted by Crippen LogP contribution is -2.47. The van der Waals surface area contributed by atoms with Crippen molar-refractivity contribution in [2.75, 3.05) is 33.3 Å². The number of carbonyl (C=O) groups excluding carboxylic acids is 1. The van der Waals surface area contributed by atoms with Gasteiger partial charge in [-0.2, -0.15) is 0 Å². The first-order chi connectivity index (χ1) is 8.70. The molecule has 1 aliphatic heterocycles. The van der Waals surface area contributed by atoms with Crippen molar-refractivity contribution in [3.05, 3.63) is 35.8 Å². The minimum absolute atomic E-state index is 0.170. The predicted molar refractivity (Wildman–Crippen MR) is 70.8 cm³/mol. The number of methoxy groups -OCH3 is 1. The molecule has 0 bridgehead atoms. The summed E-state index contributed by atoms with van der Waals surface area (Å²) in [6, 6.07) is 0. The van der Waals surface area contributed by atoms with Crippen molar-refractivity contribution in [2.24, 2.45) is 0 Å². The third-order valence-electron chi connectivity index (χ3n) is 3.39. The van der Waals surface area contributed by atoms with Gasteiger partial charge in [0, 0.05) is 38.8 Å². The Morgan fingerprint density at radius 3 is 2.50 bits per heavy atom. The summed E-state index contributed by atoms with van der Waals surface area (Å²) in [5.41, 5.74) is 1.22. The van der Waals surface area contributed by atoms with Gasteiger partial charge in [-0.15, -0.1) is 0 Å². The van der Waals surface area contributed by atoms with Crippen molar-refractivity contribution in [3.63, 3.8) is 0 Å². The summed E-state index contributed by atoms with van der Waals surface area (Å²) in [7, 11) is 1.69. The van der Waals surface area contributed by atoms with Crippen LogP contribution in [0.5, 0.6) is 0 Å². The van der Waals surface area contributed by atoms with Crippen LogP contribution in [-0.2, 0) is 9.53 Å². The molecule has 4 heteroatoms. The molecule has 4 nitrogen and oxygen atoms in total. The Morgan fingerprint density at radius 1 is 1.17 bits per heavy atom. The van der Waals surface area contributed by atoms with Crippen LogP contribution in [0, 0.1) is 0 Å². The van der Waals surface area contributed by atoms with Crippen LogP contribution >= 0.6 is 0 Å². The number of hydrogen-bond acceptors (Lipinski definition) is 3. The molecule has 0 saturated carbocycles. The maximum atomic E-state index is 11.3. The second-order valence-electron chi connectivity index (χ2n) is 4.50. The molecule has 0 aromatic heterocycles. The Bertz CT molecular complexity index is 402. The molecule has 0 radical (unpaired) electrons. The summed E-state index contributed by atoms with van der Waals surface area (Å²) in [6.07, 6.45) is 9.24. The summed E-state index contributed by atoms with van der Waals surface area (Å²) in [4.78, 5) is 15.5. The molecule has 0 unspecified atom stereocenters. The number of allylic oxidation sites excluding steroid dienone is 4. The number of rotatable bonds is 2. The third kappa shape index (κ3) is 2.94. The van der Waals surface area contributed by atoms with Gasteiger partial charge in [0.15, 0.2) is 0 Å². The van der Waals surface area contributed by atoms with Gasteiger partial charge >= 0.3 is 0 Å². The minimum atomic E-state index is 0.170. The van der Waals surface area contributed by atoms with Crippen LogP contribution < -0.4 is 0 Å². The molecule has 2 rings (SSSR count). The van der Waals surface area contributed by atoms with E-state index in [1.54, 1.807) is 14.0 Å². The second kappa shape index (κ2) is 5.76. The highest BCUT2D eigenvalue weighted by Crippen LogP contribution is 2.16. The van der Waals surface area contributed by atoms with E-state index < -0.39 is 0 Å². The summed E-state index contributed by atoms with van der Waals surface area (Å²) < 4.78 is 5.22. The molecule has 2 aliphatic rings. The fraction of sp³-hybridized carbons (Fsp3) is 0.500. The molecule has 18 heavy (non-hydrogen) atoms. The van der Waals surface area contributed by atoms with Crippen LogP contribution in [0.1, 0.15) is 13.3 Å². The zero-order valence-electron chi connectivity index (χ0n) is 11.1. The van der Waals surface area contributed by atoms with Crippen LogP contribution in [0.4, 0.5) is 0 Å². The van der Waals surface area contributed by atoms with Crippen molar-refractivity contribution < 1.29 is 9.53 Å². The molecule has 0 N–H and O–H groups in total. The van der Waals surface area contributed by atoms with E-state index in [9.17, 15) is 4.79 Å². The Labute approximate surface area is 108 Å². The smallest absolute Gasteiger partial charge is 0.219 e. The lowest BCUT2D eigenvalue weighted by Gasteiger charge is -2.36. The Morgan fingerprint density at radius 2 is 1.89 bits per heavy atom. The number of ether oxygens (including phenoxy) is 1. The number of amides is 1. The molecule has 1 saturated heterocycles. The Kier molecular flexibility index (Phi) is 4.07. The van der Waals surface area contributed by atoms with E-state index in [1.165, 1.54) is 5.70 Å². The van der Waals surface area contributed by atoms with Crippen LogP contribution in [0.2, 0.25) is 0 Å². The molecule has 1 amide bonds. The van der Waals surface area contributed by atoms with E-state index in [2.05, 4.69) is 23.1 Å². The Balaban J connectivity index is 1.95. The van der Waals surface area contributed by atoms with Gasteiger partial charge in [-0.25, -0.2) is 0 Å². The SMILES string of the molecule is COC1=CCC=C(N2CCN(C(C)=O)CC2)C=C1. The van der Waals surface area contributed by atoms with Gasteiger partial charge in [-0.3, -0.25) is 4.79 Å². The van der Waals surface area contributed by atoms with Crippen LogP contribution in [0.25, 0.3) is 0 Å². The maximum absolute atomic E-state index is 11.3. The van der Waals surface area contributed by atoms with Gasteiger partial charge in [-0.1, -0.05) is 6.08 Å². The van der Waals surface area contributed by atoms with Crippen molar-refractivity contribution in [2.45, 2.75) is 13.3 Å². The normalized spacial score (nSPS) is 20.1. The number of nitrogens with zero attached hydrogens (tertiary/aromatic N) is 2. The van der Waals surface area contributed by atoms with Crippen molar-refractivity contribution in [1.82, 2.24) is 9.80 Å². The van der Waals surface area contributed by atoms with E-state index >= 15 is 0 Å². The van der Waals surface area contributed by atoms with Gasteiger partial charge in [0.05, 0.1) is 7.11 Å². The zero-order valence-corrected chi connectivity index (χ0v) is 11.1. The summed E-state index contributed by atoms with van der Waals surface area (Å²) in [6.45, 7) is 5.06. The molecule has 0 atom stereocenters. The highest BCUT2D eigenvalue weighted by atomic mass is 16.5. The largest absolute Gasteiger partial charge is 0.497 e. The number of carbonyl (C=O) groups is 1. The molecule has 98 valence electrons. The van der Waals surface area contributed by atoms with Gasteiger partial charge in [0.25, 0.3) is 0 Å². The lowest BCUT2D eigenvalue weighted by molar-refractivity contribution is -0.130. The average molecular weight is 248 g/mol. The van der Waals surface area contributed by atoms with E-state index in [0.717, 1.165) is 38.4 Å². The quantitative estimate of drug-likeness (QED) is 0.743. The highest BCUT2D eigenvalue weighted by molar-refractivity contribution is 5.73. The molecule has 1 aliphatic carbocycles. The zero-order chi connectivity index (χ0) is 13.0. The summed E-state index contributed by atoms with van der Waals surface area (Å²) in [5.74, 6) is 1.08. The fourth-order valence-electron chi connectivity index (χ4n) is 2.26. The molecule has 1 fully saturated rings. The van der Waals surface area contributed by atoms with Gasteiger partial charge in [-0.05, 0) is 24.6 Å². The van der Waals surface area contributed by atoms with Gasteiger partial charge in [0.1, 0.15) is 5.76 Å². The highest BCUT2D eigenvalue weighted by Gasteiger charge is 2.19. The molecule has 0 aromatic rings. The molecule has 0 spiro atoms. The van der Waals surface area contributed by atoms with Crippen LogP contribution in [0.3, 0.4) is 0 Å². The molecule has 0 aromatic carbocycles. The average Bonchev–Trinajstić information content (AvgIpc) is 2.64. The minimum Gasteiger partial charge on any atom is -0.497 e. The first-order valence-electron chi connectivity index (χ1n) is 6.33. The number of hydrogen-bond donors (Lipinski definition) is 0. The van der Waals surface area contributed by atoms with E-state index in [4.69, 9.17) is 4.74 Å². The van der Waals surface area contributed by atoms with Crippen LogP contribution in [-0.4, -0.2) is 49.0 Å². The van der Waals surface area contributed by atoms with E-state index in [1.807, 2.05) is 11.0 Å². The standard InChI is InChI=1S/C14H20N2O2/c1-12(17)15-8-10-16(11-9-15)13-4-3-5-14(18-2)7-6-13/h4-7H,3,8-11H2,1-2H3. The topological polar surface area (TPSA) is 32.8 Å². The summed E-state index contributed by atoms with van der Waals surface area (Å²) in [5, 5.41) is 0. The third-order valence-corrected chi connectivity index (χ3v) is 3.39. The van der Waals surface area contributed by atoms with E-state index in [-0.39, 0.29) is 5.91 Å². The fourth-order valence-corrected chi connectivity index (χ4v) is 2.26. The first kappa shape index (κ1) is 12.7. The van der Waals surface area contributed by atoms with Crippen molar-refractivity contribution >= 4 is 5.91 Å². The lowest BCUT2D eigenvalue weighted by atomic mass is 10.2. The summed E-state index contributed by atoms with van der Waals surface area (Å²) >= 11 is 0. The molecule has 1 heterocycles. The van der Waals surface area contributed by atoms with Crippen molar-refractivity contribution in [1.29, 1.82) is 0 Å². The Hall–Kier alpha value is -1.71.